The first-order valence-corrected chi connectivity index (χ1v) is 19.0. The summed E-state index contributed by atoms with van der Waals surface area (Å²) in [6, 6.07) is 8.47. The van der Waals surface area contributed by atoms with Crippen LogP contribution in [0.5, 0.6) is 5.75 Å². The molecule has 286 valence electrons. The Hall–Kier alpha value is -4.43. The zero-order chi connectivity index (χ0) is 37.1. The van der Waals surface area contributed by atoms with Gasteiger partial charge >= 0.3 is 5.97 Å². The monoisotopic (exact) mass is 721 g/mol. The molecule has 4 rings (SSSR count). The van der Waals surface area contributed by atoms with Gasteiger partial charge in [-0.25, -0.2) is 4.98 Å². The van der Waals surface area contributed by atoms with Crippen molar-refractivity contribution in [1.29, 1.82) is 0 Å². The molecular weight excluding hydrogens is 662 g/mol. The molecule has 0 saturated carbocycles. The van der Waals surface area contributed by atoms with Gasteiger partial charge in [0.2, 0.25) is 17.8 Å². The van der Waals surface area contributed by atoms with E-state index in [1.54, 1.807) is 7.11 Å². The lowest BCUT2D eigenvalue weighted by atomic mass is 10.1. The standard InChI is InChI=1S/C38H59N9O5/c1-3-4-7-18-42-37-36-31(43-38(39)44-37)16-21-47(36)28-30-15-14-29(26-32(30)52-2)27-46-24-22-45(23-25-46)20-10-19-41-34(49)12-9-11-33(48)40-17-8-5-6-13-35(50)51/h14-16,21,26H,3-13,17-20,22-25,27-28H2,1-2H3,(H,40,48)(H,41,49)(H,50,51)(H3,39,42,43,44). The third-order valence-corrected chi connectivity index (χ3v) is 9.43. The second kappa shape index (κ2) is 21.8. The second-order valence-corrected chi connectivity index (χ2v) is 13.6. The predicted molar refractivity (Wildman–Crippen MR) is 204 cm³/mol. The highest BCUT2D eigenvalue weighted by Gasteiger charge is 2.18. The van der Waals surface area contributed by atoms with Crippen molar-refractivity contribution in [2.75, 3.05) is 70.5 Å². The van der Waals surface area contributed by atoms with Gasteiger partial charge in [0.15, 0.2) is 5.82 Å². The number of methoxy groups -OCH3 is 1. The van der Waals surface area contributed by atoms with Gasteiger partial charge < -0.3 is 41.0 Å². The molecule has 1 fully saturated rings. The van der Waals surface area contributed by atoms with Gasteiger partial charge in [0, 0.05) is 83.4 Å². The first kappa shape index (κ1) is 40.3. The van der Waals surface area contributed by atoms with E-state index < -0.39 is 5.97 Å². The molecule has 0 spiro atoms. The molecule has 1 aromatic carbocycles. The Balaban J connectivity index is 1.13. The molecule has 3 heterocycles. The van der Waals surface area contributed by atoms with Gasteiger partial charge in [0.1, 0.15) is 11.3 Å². The number of carboxylic acids is 1. The molecule has 0 aliphatic carbocycles. The molecule has 52 heavy (non-hydrogen) atoms. The van der Waals surface area contributed by atoms with Crippen molar-refractivity contribution in [2.45, 2.75) is 90.6 Å². The molecule has 0 atom stereocenters. The quantitative estimate of drug-likeness (QED) is 0.0836. The average Bonchev–Trinajstić information content (AvgIpc) is 3.53. The third-order valence-electron chi connectivity index (χ3n) is 9.43. The fourth-order valence-corrected chi connectivity index (χ4v) is 6.51. The summed E-state index contributed by atoms with van der Waals surface area (Å²) in [4.78, 5) is 48.6. The van der Waals surface area contributed by atoms with E-state index in [-0.39, 0.29) is 24.2 Å². The van der Waals surface area contributed by atoms with Crippen LogP contribution in [0.4, 0.5) is 11.8 Å². The van der Waals surface area contributed by atoms with Crippen LogP contribution in [0.25, 0.3) is 11.0 Å². The minimum atomic E-state index is -0.792. The van der Waals surface area contributed by atoms with Crippen LogP contribution in [0.1, 0.15) is 88.7 Å². The van der Waals surface area contributed by atoms with E-state index in [0.29, 0.717) is 45.3 Å². The van der Waals surface area contributed by atoms with Crippen molar-refractivity contribution >= 4 is 40.6 Å². The highest BCUT2D eigenvalue weighted by Crippen LogP contribution is 2.27. The maximum atomic E-state index is 12.2. The number of unbranched alkanes of at least 4 members (excludes halogenated alkanes) is 4. The summed E-state index contributed by atoms with van der Waals surface area (Å²) in [5.74, 6) is 1.01. The van der Waals surface area contributed by atoms with E-state index in [1.165, 1.54) is 5.56 Å². The van der Waals surface area contributed by atoms with Crippen molar-refractivity contribution in [2.24, 2.45) is 0 Å². The fraction of sp³-hybridized carbons (Fsp3) is 0.605. The van der Waals surface area contributed by atoms with Crippen molar-refractivity contribution < 1.29 is 24.2 Å². The number of carboxylic acid groups (broad SMARTS) is 1. The Kier molecular flexibility index (Phi) is 16.9. The molecule has 0 unspecified atom stereocenters. The first-order valence-electron chi connectivity index (χ1n) is 19.0. The number of nitrogens with one attached hydrogen (secondary N) is 3. The van der Waals surface area contributed by atoms with Crippen LogP contribution in [-0.2, 0) is 27.5 Å². The smallest absolute Gasteiger partial charge is 0.303 e. The van der Waals surface area contributed by atoms with Gasteiger partial charge in [-0.15, -0.1) is 0 Å². The molecular formula is C38H59N9O5. The second-order valence-electron chi connectivity index (χ2n) is 13.6. The highest BCUT2D eigenvalue weighted by atomic mass is 16.5. The maximum absolute atomic E-state index is 12.2. The fourth-order valence-electron chi connectivity index (χ4n) is 6.51. The maximum Gasteiger partial charge on any atom is 0.303 e. The summed E-state index contributed by atoms with van der Waals surface area (Å²) in [7, 11) is 1.72. The number of benzene rings is 1. The summed E-state index contributed by atoms with van der Waals surface area (Å²) in [5, 5.41) is 17.9. The first-order chi connectivity index (χ1) is 25.2. The Bertz CT molecular complexity index is 1570. The average molecular weight is 722 g/mol. The number of amides is 2. The molecule has 2 amide bonds. The number of carbonyl (C=O) groups excluding carboxylic acids is 2. The highest BCUT2D eigenvalue weighted by molar-refractivity contribution is 5.87. The van der Waals surface area contributed by atoms with E-state index in [4.69, 9.17) is 15.6 Å². The van der Waals surface area contributed by atoms with Gasteiger partial charge in [-0.1, -0.05) is 38.3 Å². The van der Waals surface area contributed by atoms with Crippen LogP contribution in [-0.4, -0.2) is 107 Å². The molecule has 1 aliphatic heterocycles. The molecule has 0 bridgehead atoms. The molecule has 14 heteroatoms. The van der Waals surface area contributed by atoms with Crippen molar-refractivity contribution in [1.82, 2.24) is 35.0 Å². The summed E-state index contributed by atoms with van der Waals surface area (Å²) < 4.78 is 8.01. The van der Waals surface area contributed by atoms with Gasteiger partial charge in [-0.05, 0) is 56.3 Å². The van der Waals surface area contributed by atoms with Crippen LogP contribution < -0.4 is 26.4 Å². The zero-order valence-corrected chi connectivity index (χ0v) is 31.1. The van der Waals surface area contributed by atoms with E-state index in [0.717, 1.165) is 113 Å². The Morgan fingerprint density at radius 3 is 2.25 bits per heavy atom. The predicted octanol–water partition coefficient (Wildman–Crippen LogP) is 4.23. The van der Waals surface area contributed by atoms with Gasteiger partial charge in [-0.2, -0.15) is 4.98 Å². The number of fused-ring (bicyclic) bond motifs is 1. The Labute approximate surface area is 307 Å². The van der Waals surface area contributed by atoms with Crippen LogP contribution in [0.3, 0.4) is 0 Å². The number of piperazine rings is 1. The molecule has 0 radical (unpaired) electrons. The normalized spacial score (nSPS) is 13.7. The largest absolute Gasteiger partial charge is 0.496 e. The van der Waals surface area contributed by atoms with E-state index in [2.05, 4.69) is 65.4 Å². The van der Waals surface area contributed by atoms with Gasteiger partial charge in [0.25, 0.3) is 0 Å². The van der Waals surface area contributed by atoms with Crippen molar-refractivity contribution in [3.8, 4) is 5.75 Å². The number of ether oxygens (including phenoxy) is 1. The van der Waals surface area contributed by atoms with Crippen LogP contribution in [0.15, 0.2) is 30.5 Å². The topological polar surface area (TPSA) is 180 Å². The number of rotatable bonds is 24. The molecule has 6 N–H and O–H groups in total. The van der Waals surface area contributed by atoms with Crippen LogP contribution in [0.2, 0.25) is 0 Å². The molecule has 14 nitrogen and oxygen atoms in total. The van der Waals surface area contributed by atoms with E-state index >= 15 is 0 Å². The van der Waals surface area contributed by atoms with Crippen LogP contribution >= 0.6 is 0 Å². The lowest BCUT2D eigenvalue weighted by Gasteiger charge is -2.34. The number of aliphatic carboxylic acids is 1. The molecule has 3 aromatic rings. The lowest BCUT2D eigenvalue weighted by Crippen LogP contribution is -2.46. The number of hydrogen-bond donors (Lipinski definition) is 5. The number of nitrogens with zero attached hydrogens (tertiary/aromatic N) is 5. The number of anilines is 2. The summed E-state index contributed by atoms with van der Waals surface area (Å²) >= 11 is 0. The summed E-state index contributed by atoms with van der Waals surface area (Å²) in [5.41, 5.74) is 10.1. The number of nitrogen functional groups attached to an aromatic ring is 1. The molecule has 1 saturated heterocycles. The van der Waals surface area contributed by atoms with Gasteiger partial charge in [0.05, 0.1) is 19.2 Å². The van der Waals surface area contributed by atoms with E-state index in [1.807, 2.05) is 12.3 Å². The SMILES string of the molecule is CCCCCNc1nc(N)nc2ccn(Cc3ccc(CN4CCN(CCCNC(=O)CCCC(=O)NCCCCCC(=O)O)CC4)cc3OC)c12. The summed E-state index contributed by atoms with van der Waals surface area (Å²) in [6.45, 7) is 10.5. The number of nitrogens with two attached hydrogens (primary N) is 1. The number of aromatic nitrogens is 3. The minimum absolute atomic E-state index is 0.0202. The Morgan fingerprint density at radius 2 is 1.54 bits per heavy atom. The number of hydrogen-bond acceptors (Lipinski definition) is 10. The zero-order valence-electron chi connectivity index (χ0n) is 31.1. The minimum Gasteiger partial charge on any atom is -0.496 e. The molecule has 1 aliphatic rings. The third kappa shape index (κ3) is 13.6. The van der Waals surface area contributed by atoms with Gasteiger partial charge in [-0.3, -0.25) is 19.3 Å². The van der Waals surface area contributed by atoms with Crippen LogP contribution in [0, 0.1) is 0 Å². The number of carbonyl (C=O) groups is 3. The Morgan fingerprint density at radius 1 is 0.827 bits per heavy atom. The lowest BCUT2D eigenvalue weighted by molar-refractivity contribution is -0.137. The van der Waals surface area contributed by atoms with E-state index in [9.17, 15) is 14.4 Å². The summed E-state index contributed by atoms with van der Waals surface area (Å²) in [6.07, 6.45) is 9.79. The van der Waals surface area contributed by atoms with Crippen molar-refractivity contribution in [3.05, 3.63) is 41.6 Å². The molecule has 2 aromatic heterocycles. The van der Waals surface area contributed by atoms with Crippen molar-refractivity contribution in [3.63, 3.8) is 0 Å².